The number of phenols is 1. The second kappa shape index (κ2) is 8.71. The first kappa shape index (κ1) is 22.0. The highest BCUT2D eigenvalue weighted by Gasteiger charge is 2.21. The number of aromatic hydroxyl groups is 1. The van der Waals surface area contributed by atoms with Gasteiger partial charge in [0.1, 0.15) is 11.6 Å². The molecule has 9 nitrogen and oxygen atoms in total. The van der Waals surface area contributed by atoms with Crippen molar-refractivity contribution >= 4 is 40.7 Å². The summed E-state index contributed by atoms with van der Waals surface area (Å²) in [5.41, 5.74) is 1.20. The molecular weight excluding hydrogens is 422 g/mol. The number of nitrogens with one attached hydrogen (secondary N) is 2. The number of nitrogens with zero attached hydrogens (tertiary/aromatic N) is 3. The van der Waals surface area contributed by atoms with Crippen LogP contribution >= 0.6 is 0 Å². The van der Waals surface area contributed by atoms with Crippen LogP contribution in [-0.4, -0.2) is 42.5 Å². The van der Waals surface area contributed by atoms with Gasteiger partial charge in [-0.15, -0.1) is 0 Å². The van der Waals surface area contributed by atoms with Gasteiger partial charge in [0.15, 0.2) is 6.29 Å². The molecule has 0 bridgehead atoms. The van der Waals surface area contributed by atoms with E-state index < -0.39 is 11.5 Å². The van der Waals surface area contributed by atoms with Crippen molar-refractivity contribution in [1.82, 2.24) is 14.5 Å². The number of carbonyl (C=O) groups is 2. The summed E-state index contributed by atoms with van der Waals surface area (Å²) in [4.78, 5) is 32.7. The number of phenolic OH excluding ortho intramolecular Hbond substituents is 1. The molecule has 0 spiro atoms. The summed E-state index contributed by atoms with van der Waals surface area (Å²) in [6, 6.07) is 15.2. The Morgan fingerprint density at radius 2 is 1.94 bits per heavy atom. The summed E-state index contributed by atoms with van der Waals surface area (Å²) in [6.45, 7) is 3.60. The Morgan fingerprint density at radius 1 is 1.15 bits per heavy atom. The molecule has 4 aromatic rings. The van der Waals surface area contributed by atoms with Crippen LogP contribution in [0.25, 0.3) is 11.0 Å². The third-order valence-electron chi connectivity index (χ3n) is 4.90. The maximum absolute atomic E-state index is 13.0. The van der Waals surface area contributed by atoms with Crippen LogP contribution in [0.5, 0.6) is 5.75 Å². The summed E-state index contributed by atoms with van der Waals surface area (Å²) in [6.07, 6.45) is 2.01. The highest BCUT2D eigenvalue weighted by molar-refractivity contribution is 6.04. The van der Waals surface area contributed by atoms with Crippen LogP contribution in [0, 0.1) is 0 Å². The standard InChI is InChI=1S/C24H23N5O4/c1-24(2,33)14-29-19-9-4-3-7-17(19)27-23(29)28-22(32)15-10-11-25-20(12-15)26-18-8-5-6-16(13-30)21(18)31/h3-13,31,33H,14H2,1-2H3,(H,25,26)(H,27,28,32). The molecular formula is C24H23N5O4. The van der Waals surface area contributed by atoms with E-state index in [9.17, 15) is 19.8 Å². The topological polar surface area (TPSA) is 129 Å². The van der Waals surface area contributed by atoms with Crippen LogP contribution < -0.4 is 10.6 Å². The van der Waals surface area contributed by atoms with Gasteiger partial charge in [-0.05, 0) is 50.2 Å². The van der Waals surface area contributed by atoms with Gasteiger partial charge in [0, 0.05) is 11.8 Å². The smallest absolute Gasteiger partial charge is 0.258 e. The fraction of sp³-hybridized carbons (Fsp3) is 0.167. The van der Waals surface area contributed by atoms with Crippen molar-refractivity contribution in [3.63, 3.8) is 0 Å². The van der Waals surface area contributed by atoms with Gasteiger partial charge in [-0.2, -0.15) is 0 Å². The number of hydrogen-bond donors (Lipinski definition) is 4. The molecule has 0 unspecified atom stereocenters. The first-order valence-corrected chi connectivity index (χ1v) is 10.2. The lowest BCUT2D eigenvalue weighted by atomic mass is 10.1. The highest BCUT2D eigenvalue weighted by atomic mass is 16.3. The Hall–Kier alpha value is -4.24. The number of aldehydes is 1. The van der Waals surface area contributed by atoms with Crippen molar-refractivity contribution in [3.05, 3.63) is 71.9 Å². The molecule has 2 heterocycles. The number of fused-ring (bicyclic) bond motifs is 1. The fourth-order valence-corrected chi connectivity index (χ4v) is 3.43. The van der Waals surface area contributed by atoms with Crippen molar-refractivity contribution in [3.8, 4) is 5.75 Å². The van der Waals surface area contributed by atoms with E-state index in [1.165, 1.54) is 18.3 Å². The Bertz CT molecular complexity index is 1340. The SMILES string of the molecule is CC(C)(O)Cn1c(NC(=O)c2ccnc(Nc3cccc(C=O)c3O)c2)nc2ccccc21. The third kappa shape index (κ3) is 4.83. The monoisotopic (exact) mass is 445 g/mol. The molecule has 0 aliphatic carbocycles. The van der Waals surface area contributed by atoms with Gasteiger partial charge in [0.05, 0.1) is 34.4 Å². The molecule has 0 radical (unpaired) electrons. The second-order valence-electron chi connectivity index (χ2n) is 8.19. The zero-order chi connectivity index (χ0) is 23.6. The normalized spacial score (nSPS) is 11.4. The van der Waals surface area contributed by atoms with E-state index in [0.717, 1.165) is 5.52 Å². The summed E-state index contributed by atoms with van der Waals surface area (Å²) in [7, 11) is 0. The molecule has 4 N–H and O–H groups in total. The number of benzene rings is 2. The highest BCUT2D eigenvalue weighted by Crippen LogP contribution is 2.29. The molecule has 0 saturated carbocycles. The predicted octanol–water partition coefficient (Wildman–Crippen LogP) is 3.72. The summed E-state index contributed by atoms with van der Waals surface area (Å²) in [5.74, 6) is 0.0000693. The number of aromatic nitrogens is 3. The van der Waals surface area contributed by atoms with E-state index in [4.69, 9.17) is 0 Å². The van der Waals surface area contributed by atoms with Gasteiger partial charge in [-0.25, -0.2) is 9.97 Å². The largest absolute Gasteiger partial charge is 0.505 e. The fourth-order valence-electron chi connectivity index (χ4n) is 3.43. The van der Waals surface area contributed by atoms with E-state index in [-0.39, 0.29) is 23.5 Å². The molecule has 0 aliphatic rings. The Balaban J connectivity index is 1.61. The van der Waals surface area contributed by atoms with Crippen LogP contribution in [0.4, 0.5) is 17.5 Å². The van der Waals surface area contributed by atoms with Crippen LogP contribution in [-0.2, 0) is 6.54 Å². The zero-order valence-corrected chi connectivity index (χ0v) is 18.1. The molecule has 4 rings (SSSR count). The van der Waals surface area contributed by atoms with Gasteiger partial charge in [0.25, 0.3) is 5.91 Å². The molecule has 9 heteroatoms. The van der Waals surface area contributed by atoms with Gasteiger partial charge in [-0.3, -0.25) is 14.9 Å². The Morgan fingerprint density at radius 3 is 2.70 bits per heavy atom. The number of amides is 1. The van der Waals surface area contributed by atoms with Crippen LogP contribution in [0.2, 0.25) is 0 Å². The average molecular weight is 445 g/mol. The van der Waals surface area contributed by atoms with Crippen molar-refractivity contribution in [2.45, 2.75) is 26.0 Å². The third-order valence-corrected chi connectivity index (χ3v) is 4.90. The van der Waals surface area contributed by atoms with E-state index in [1.807, 2.05) is 24.3 Å². The number of imidazole rings is 1. The van der Waals surface area contributed by atoms with Crippen LogP contribution in [0.1, 0.15) is 34.6 Å². The lowest BCUT2D eigenvalue weighted by molar-refractivity contribution is 0.0630. The van der Waals surface area contributed by atoms with Gasteiger partial charge < -0.3 is 20.1 Å². The van der Waals surface area contributed by atoms with Gasteiger partial charge >= 0.3 is 0 Å². The number of pyridine rings is 1. The van der Waals surface area contributed by atoms with Crippen molar-refractivity contribution < 1.29 is 19.8 Å². The van der Waals surface area contributed by atoms with Gasteiger partial charge in [0.2, 0.25) is 5.95 Å². The molecule has 0 aliphatic heterocycles. The quantitative estimate of drug-likeness (QED) is 0.252. The second-order valence-corrected chi connectivity index (χ2v) is 8.19. The molecule has 2 aromatic heterocycles. The minimum absolute atomic E-state index is 0.139. The number of carbonyl (C=O) groups excluding carboxylic acids is 2. The first-order valence-electron chi connectivity index (χ1n) is 10.2. The maximum Gasteiger partial charge on any atom is 0.258 e. The van der Waals surface area contributed by atoms with Crippen molar-refractivity contribution in [2.24, 2.45) is 0 Å². The molecule has 0 saturated heterocycles. The minimum atomic E-state index is -1.02. The molecule has 0 fully saturated rings. The molecule has 168 valence electrons. The number of para-hydroxylation sites is 3. The Kier molecular flexibility index (Phi) is 5.80. The molecule has 0 atom stereocenters. The summed E-state index contributed by atoms with van der Waals surface area (Å²) >= 11 is 0. The first-order chi connectivity index (χ1) is 15.7. The molecule has 1 amide bonds. The number of anilines is 3. The molecule has 33 heavy (non-hydrogen) atoms. The minimum Gasteiger partial charge on any atom is -0.505 e. The van der Waals surface area contributed by atoms with E-state index >= 15 is 0 Å². The summed E-state index contributed by atoms with van der Waals surface area (Å²) < 4.78 is 1.76. The van der Waals surface area contributed by atoms with E-state index in [0.29, 0.717) is 29.1 Å². The lowest BCUT2D eigenvalue weighted by Crippen LogP contribution is -2.27. The summed E-state index contributed by atoms with van der Waals surface area (Å²) in [5, 5.41) is 26.3. The number of aliphatic hydroxyl groups is 1. The zero-order valence-electron chi connectivity index (χ0n) is 18.1. The van der Waals surface area contributed by atoms with Crippen LogP contribution in [0.15, 0.2) is 60.8 Å². The maximum atomic E-state index is 13.0. The Labute approximate surface area is 189 Å². The molecule has 2 aromatic carbocycles. The van der Waals surface area contributed by atoms with E-state index in [1.54, 1.807) is 36.6 Å². The van der Waals surface area contributed by atoms with Crippen LogP contribution in [0.3, 0.4) is 0 Å². The number of rotatable bonds is 7. The lowest BCUT2D eigenvalue weighted by Gasteiger charge is -2.20. The average Bonchev–Trinajstić information content (AvgIpc) is 3.11. The van der Waals surface area contributed by atoms with Crippen molar-refractivity contribution in [2.75, 3.05) is 10.6 Å². The van der Waals surface area contributed by atoms with Crippen molar-refractivity contribution in [1.29, 1.82) is 0 Å². The number of hydrogen-bond acceptors (Lipinski definition) is 7. The predicted molar refractivity (Wildman–Crippen MR) is 125 cm³/mol. The van der Waals surface area contributed by atoms with E-state index in [2.05, 4.69) is 20.6 Å². The van der Waals surface area contributed by atoms with Gasteiger partial charge in [-0.1, -0.05) is 18.2 Å².